The number of nitrogens with zero attached hydrogens (tertiary/aromatic N) is 2. The van der Waals surface area contributed by atoms with Crippen LogP contribution in [-0.2, 0) is 16.2 Å². The first-order valence-corrected chi connectivity index (χ1v) is 8.75. The van der Waals surface area contributed by atoms with E-state index in [0.29, 0.717) is 0 Å². The average molecular weight is 441 g/mol. The van der Waals surface area contributed by atoms with E-state index in [1.807, 2.05) is 0 Å². The Labute approximate surface area is 157 Å². The van der Waals surface area contributed by atoms with E-state index in [9.17, 15) is 39.2 Å². The smallest absolute Gasteiger partial charge is 0.329 e. The first-order valence-electron chi connectivity index (χ1n) is 7.27. The number of anilines is 1. The summed E-state index contributed by atoms with van der Waals surface area (Å²) in [6, 6.07) is 3.96. The van der Waals surface area contributed by atoms with Gasteiger partial charge in [-0.2, -0.15) is 18.2 Å². The molecule has 0 fully saturated rings. The lowest BCUT2D eigenvalue weighted by molar-refractivity contribution is -0.159. The van der Waals surface area contributed by atoms with Crippen molar-refractivity contribution in [1.29, 1.82) is 0 Å². The molecule has 3 rings (SSSR count). The number of hydrogen-bond donors (Lipinski definition) is 1. The third kappa shape index (κ3) is 4.01. The maximum Gasteiger partial charge on any atom is 0.471 e. The molecule has 154 valence electrons. The topological polar surface area (TPSA) is 85.1 Å². The van der Waals surface area contributed by atoms with Gasteiger partial charge >= 0.3 is 12.1 Å². The van der Waals surface area contributed by atoms with Gasteiger partial charge in [-0.25, -0.2) is 26.0 Å². The van der Waals surface area contributed by atoms with E-state index in [-0.39, 0.29) is 17.3 Å². The normalized spacial score (nSPS) is 12.2. The van der Waals surface area contributed by atoms with Crippen molar-refractivity contribution in [3.05, 3.63) is 59.5 Å². The Kier molecular flexibility index (Phi) is 4.98. The van der Waals surface area contributed by atoms with Crippen molar-refractivity contribution in [3.63, 3.8) is 0 Å². The fourth-order valence-corrected chi connectivity index (χ4v) is 3.35. The molecular weight excluding hydrogens is 435 g/mol. The molecule has 0 atom stereocenters. The van der Waals surface area contributed by atoms with Crippen molar-refractivity contribution in [2.24, 2.45) is 0 Å². The minimum Gasteiger partial charge on any atom is -0.329 e. The summed E-state index contributed by atoms with van der Waals surface area (Å²) >= 11 is 0. The van der Waals surface area contributed by atoms with Crippen LogP contribution in [0, 0.1) is 23.3 Å². The molecule has 0 aliphatic carbocycles. The summed E-state index contributed by atoms with van der Waals surface area (Å²) in [6.45, 7) is 0. The van der Waals surface area contributed by atoms with E-state index < -0.39 is 56.1 Å². The van der Waals surface area contributed by atoms with Crippen molar-refractivity contribution in [2.75, 3.05) is 4.72 Å². The molecule has 1 heterocycles. The molecule has 2 aromatic carbocycles. The molecule has 0 spiro atoms. The summed E-state index contributed by atoms with van der Waals surface area (Å²) < 4.78 is 121. The summed E-state index contributed by atoms with van der Waals surface area (Å²) in [5, 5.41) is 3.12. The van der Waals surface area contributed by atoms with Gasteiger partial charge in [-0.1, -0.05) is 5.16 Å². The molecule has 0 aliphatic rings. The molecule has 3 aromatic rings. The Morgan fingerprint density at radius 2 is 1.48 bits per heavy atom. The van der Waals surface area contributed by atoms with Crippen LogP contribution in [0.25, 0.3) is 11.4 Å². The predicted molar refractivity (Wildman–Crippen MR) is 81.8 cm³/mol. The molecule has 1 N–H and O–H groups in total. The summed E-state index contributed by atoms with van der Waals surface area (Å²) in [6.07, 6.45) is -4.87. The molecule has 0 aliphatic heterocycles. The zero-order valence-corrected chi connectivity index (χ0v) is 14.4. The molecule has 0 radical (unpaired) electrons. The van der Waals surface area contributed by atoms with Gasteiger partial charge in [-0.3, -0.25) is 4.72 Å². The number of nitrogens with one attached hydrogen (secondary N) is 1. The molecule has 0 saturated carbocycles. The zero-order chi connectivity index (χ0) is 21.6. The Balaban J connectivity index is 1.89. The van der Waals surface area contributed by atoms with Gasteiger partial charge in [0.25, 0.3) is 10.0 Å². The second kappa shape index (κ2) is 7.02. The summed E-state index contributed by atoms with van der Waals surface area (Å²) in [4.78, 5) is 1.25. The third-order valence-electron chi connectivity index (χ3n) is 3.40. The number of rotatable bonds is 4. The van der Waals surface area contributed by atoms with Crippen LogP contribution in [-0.4, -0.2) is 18.6 Å². The van der Waals surface area contributed by atoms with Crippen LogP contribution in [0.3, 0.4) is 0 Å². The van der Waals surface area contributed by atoms with Gasteiger partial charge in [0.15, 0.2) is 28.2 Å². The van der Waals surface area contributed by atoms with Crippen LogP contribution >= 0.6 is 0 Å². The van der Waals surface area contributed by atoms with Gasteiger partial charge in [0.2, 0.25) is 5.82 Å². The van der Waals surface area contributed by atoms with E-state index in [0.717, 1.165) is 24.3 Å². The first kappa shape index (κ1) is 20.6. The third-order valence-corrected chi connectivity index (χ3v) is 4.80. The van der Waals surface area contributed by atoms with Crippen LogP contribution in [0.1, 0.15) is 5.89 Å². The van der Waals surface area contributed by atoms with E-state index >= 15 is 0 Å². The van der Waals surface area contributed by atoms with Crippen molar-refractivity contribution in [3.8, 4) is 11.4 Å². The van der Waals surface area contributed by atoms with Crippen molar-refractivity contribution in [1.82, 2.24) is 10.1 Å². The van der Waals surface area contributed by atoms with Crippen molar-refractivity contribution >= 4 is 15.7 Å². The fourth-order valence-electron chi connectivity index (χ4n) is 2.14. The average Bonchev–Trinajstić information content (AvgIpc) is 3.11. The largest absolute Gasteiger partial charge is 0.471 e. The first-order chi connectivity index (χ1) is 13.4. The minimum atomic E-state index is -5.09. The van der Waals surface area contributed by atoms with E-state index in [2.05, 4.69) is 14.7 Å². The Hall–Kier alpha value is -3.16. The highest BCUT2D eigenvalue weighted by atomic mass is 32.2. The molecule has 0 saturated heterocycles. The van der Waals surface area contributed by atoms with Gasteiger partial charge in [0, 0.05) is 17.3 Å². The van der Waals surface area contributed by atoms with Crippen LogP contribution in [0.2, 0.25) is 0 Å². The SMILES string of the molecule is O=S(=O)(Nc1ccc(-c2noc(C(F)(F)F)n2)cc1)c1c(F)c(F)cc(F)c1F. The Morgan fingerprint density at radius 3 is 1.97 bits per heavy atom. The Bertz CT molecular complexity index is 1150. The van der Waals surface area contributed by atoms with Crippen molar-refractivity contribution in [2.45, 2.75) is 11.1 Å². The molecule has 6 nitrogen and oxygen atoms in total. The molecule has 29 heavy (non-hydrogen) atoms. The zero-order valence-electron chi connectivity index (χ0n) is 13.6. The van der Waals surface area contributed by atoms with E-state index in [4.69, 9.17) is 0 Å². The molecule has 0 bridgehead atoms. The number of halogens is 7. The highest BCUT2D eigenvalue weighted by molar-refractivity contribution is 7.92. The van der Waals surface area contributed by atoms with Gasteiger partial charge in [0.05, 0.1) is 0 Å². The Morgan fingerprint density at radius 1 is 0.931 bits per heavy atom. The number of sulfonamides is 1. The second-order valence-corrected chi connectivity index (χ2v) is 7.02. The van der Waals surface area contributed by atoms with Gasteiger partial charge in [0.1, 0.15) is 0 Å². The minimum absolute atomic E-state index is 0.0126. The highest BCUT2D eigenvalue weighted by Crippen LogP contribution is 2.30. The molecule has 0 unspecified atom stereocenters. The summed E-state index contributed by atoms with van der Waals surface area (Å²) in [7, 11) is -5.09. The summed E-state index contributed by atoms with van der Waals surface area (Å²) in [5.74, 6) is -10.2. The van der Waals surface area contributed by atoms with E-state index in [1.165, 1.54) is 0 Å². The van der Waals surface area contributed by atoms with Gasteiger partial charge in [-0.05, 0) is 24.3 Å². The lowest BCUT2D eigenvalue weighted by Gasteiger charge is -2.11. The lowest BCUT2D eigenvalue weighted by Crippen LogP contribution is -2.18. The second-order valence-electron chi connectivity index (χ2n) is 5.40. The van der Waals surface area contributed by atoms with Gasteiger partial charge in [-0.15, -0.1) is 0 Å². The molecule has 1 aromatic heterocycles. The van der Waals surface area contributed by atoms with Crippen LogP contribution in [0.5, 0.6) is 0 Å². The molecule has 14 heteroatoms. The molecule has 0 amide bonds. The summed E-state index contributed by atoms with van der Waals surface area (Å²) in [5.41, 5.74) is -0.335. The number of hydrogen-bond acceptors (Lipinski definition) is 5. The van der Waals surface area contributed by atoms with Crippen LogP contribution < -0.4 is 4.72 Å². The highest BCUT2D eigenvalue weighted by Gasteiger charge is 2.38. The fraction of sp³-hybridized carbons (Fsp3) is 0.0667. The number of alkyl halides is 3. The monoisotopic (exact) mass is 441 g/mol. The lowest BCUT2D eigenvalue weighted by atomic mass is 10.2. The number of aromatic nitrogens is 2. The maximum atomic E-state index is 13.7. The van der Waals surface area contributed by atoms with Crippen LogP contribution in [0.15, 0.2) is 39.8 Å². The number of benzene rings is 2. The quantitative estimate of drug-likeness (QED) is 0.487. The van der Waals surface area contributed by atoms with Gasteiger partial charge < -0.3 is 4.52 Å². The maximum absolute atomic E-state index is 13.7. The molecular formula is C15H6F7N3O3S. The van der Waals surface area contributed by atoms with Crippen LogP contribution in [0.4, 0.5) is 36.4 Å². The predicted octanol–water partition coefficient (Wildman–Crippen LogP) is 4.11. The standard InChI is InChI=1S/C15H6F7N3O3S/c16-8-5-9(17)11(19)12(10(8)18)29(26,27)25-7-3-1-6(2-4-7)13-23-14(28-24-13)15(20,21)22/h1-5,25H. The van der Waals surface area contributed by atoms with Crippen molar-refractivity contribution < 1.29 is 43.7 Å². The van der Waals surface area contributed by atoms with E-state index in [1.54, 1.807) is 4.72 Å².